The Bertz CT molecular complexity index is 2320. The van der Waals surface area contributed by atoms with E-state index < -0.39 is 6.04 Å². The van der Waals surface area contributed by atoms with Gasteiger partial charge in [0.25, 0.3) is 11.8 Å². The minimum absolute atomic E-state index is 0.138. The van der Waals surface area contributed by atoms with Crippen LogP contribution in [0.1, 0.15) is 58.6 Å². The number of aromatic nitrogens is 3. The van der Waals surface area contributed by atoms with E-state index in [2.05, 4.69) is 46.0 Å². The highest BCUT2D eigenvalue weighted by molar-refractivity contribution is 6.21. The van der Waals surface area contributed by atoms with Crippen LogP contribution in [0.5, 0.6) is 0 Å². The third kappa shape index (κ3) is 7.56. The van der Waals surface area contributed by atoms with Gasteiger partial charge in [0.1, 0.15) is 11.9 Å². The van der Waals surface area contributed by atoms with Gasteiger partial charge in [-0.25, -0.2) is 9.78 Å². The zero-order valence-corrected chi connectivity index (χ0v) is 31.6. The Morgan fingerprint density at radius 1 is 0.945 bits per heavy atom. The van der Waals surface area contributed by atoms with Crippen molar-refractivity contribution < 1.29 is 14.4 Å². The first-order chi connectivity index (χ1) is 26.5. The normalized spacial score (nSPS) is 15.3. The van der Waals surface area contributed by atoms with Crippen LogP contribution in [0.3, 0.4) is 0 Å². The Labute approximate surface area is 320 Å². The second-order valence-corrected chi connectivity index (χ2v) is 14.2. The Hall–Kier alpha value is -6.69. The van der Waals surface area contributed by atoms with E-state index in [0.29, 0.717) is 46.5 Å². The van der Waals surface area contributed by atoms with Crippen LogP contribution in [-0.2, 0) is 11.3 Å². The second-order valence-electron chi connectivity index (χ2n) is 14.2. The summed E-state index contributed by atoms with van der Waals surface area (Å²) in [6.07, 6.45) is 5.68. The van der Waals surface area contributed by atoms with Gasteiger partial charge in [-0.2, -0.15) is 4.98 Å². The summed E-state index contributed by atoms with van der Waals surface area (Å²) in [6.45, 7) is 12.4. The number of rotatable bonds is 10. The number of urea groups is 1. The topological polar surface area (TPSA) is 136 Å². The molecule has 0 radical (unpaired) electrons. The van der Waals surface area contributed by atoms with Crippen molar-refractivity contribution in [2.45, 2.75) is 46.7 Å². The molecular formula is C43H43N9O3. The molecule has 0 saturated carbocycles. The third-order valence-corrected chi connectivity index (χ3v) is 9.63. The van der Waals surface area contributed by atoms with Crippen LogP contribution in [0.4, 0.5) is 39.3 Å². The van der Waals surface area contributed by atoms with Crippen molar-refractivity contribution in [2.24, 2.45) is 10.9 Å². The lowest BCUT2D eigenvalue weighted by Gasteiger charge is -2.35. The van der Waals surface area contributed by atoms with Crippen LogP contribution < -0.4 is 25.3 Å². The van der Waals surface area contributed by atoms with Gasteiger partial charge in [0, 0.05) is 53.4 Å². The number of amides is 4. The quantitative estimate of drug-likeness (QED) is 0.140. The molecule has 2 aliphatic rings. The molecule has 278 valence electrons. The lowest BCUT2D eigenvalue weighted by atomic mass is 9.98. The molecule has 3 aromatic carbocycles. The maximum atomic E-state index is 14.1. The highest BCUT2D eigenvalue weighted by Gasteiger charge is 2.34. The summed E-state index contributed by atoms with van der Waals surface area (Å²) < 4.78 is 0. The fraction of sp³-hybridized carbons (Fsp3) is 0.233. The van der Waals surface area contributed by atoms with E-state index in [4.69, 9.17) is 4.99 Å². The highest BCUT2D eigenvalue weighted by atomic mass is 16.2. The first-order valence-electron chi connectivity index (χ1n) is 18.2. The van der Waals surface area contributed by atoms with Gasteiger partial charge in [-0.05, 0) is 74.2 Å². The fourth-order valence-electron chi connectivity index (χ4n) is 6.83. The van der Waals surface area contributed by atoms with Crippen molar-refractivity contribution in [3.63, 3.8) is 0 Å². The van der Waals surface area contributed by atoms with E-state index in [9.17, 15) is 14.4 Å². The van der Waals surface area contributed by atoms with Gasteiger partial charge >= 0.3 is 6.03 Å². The van der Waals surface area contributed by atoms with E-state index in [1.807, 2.05) is 68.4 Å². The standard InChI is InChI=1S/C43H43N9O3/c1-7-19-51-37-21-30(15-18-34(37)38(29-11-9-8-10-12-29)48-35(41(51)54)20-26(2)3)40(53)46-32-16-13-27(4)36(22-32)52-25-31-23-45-42(49-39(31)50(6)43(52)55)47-33-17-14-28(5)44-24-33/h7-18,21-24,26,35H,1,19-20,25H2,2-6H3,(H,46,53)(H,45,47,49). The number of aliphatic imine (C=N–C) groups is 1. The number of hydrogen-bond donors (Lipinski definition) is 2. The molecule has 7 rings (SSSR count). The van der Waals surface area contributed by atoms with Crippen LogP contribution in [0.25, 0.3) is 0 Å². The van der Waals surface area contributed by atoms with Gasteiger partial charge in [-0.1, -0.05) is 56.3 Å². The summed E-state index contributed by atoms with van der Waals surface area (Å²) in [5.41, 5.74) is 7.69. The Kier molecular flexibility index (Phi) is 10.2. The first kappa shape index (κ1) is 36.7. The summed E-state index contributed by atoms with van der Waals surface area (Å²) in [5, 5.41) is 6.17. The number of aryl methyl sites for hydroxylation is 2. The number of hydrogen-bond acceptors (Lipinski definition) is 8. The number of carbonyl (C=O) groups excluding carboxylic acids is 3. The van der Waals surface area contributed by atoms with E-state index in [-0.39, 0.29) is 36.9 Å². The minimum Gasteiger partial charge on any atom is -0.323 e. The molecule has 1 atom stereocenters. The van der Waals surface area contributed by atoms with Crippen LogP contribution in [-0.4, -0.2) is 58.1 Å². The van der Waals surface area contributed by atoms with Gasteiger partial charge in [0.15, 0.2) is 0 Å². The van der Waals surface area contributed by atoms with Crippen molar-refractivity contribution in [2.75, 3.05) is 38.9 Å². The van der Waals surface area contributed by atoms with Crippen molar-refractivity contribution >= 4 is 58.1 Å². The highest BCUT2D eigenvalue weighted by Crippen LogP contribution is 2.35. The van der Waals surface area contributed by atoms with Crippen molar-refractivity contribution in [3.8, 4) is 0 Å². The zero-order chi connectivity index (χ0) is 38.8. The SMILES string of the molecule is C=CCN1C(=O)C(CC(C)C)N=C(c2ccccc2)c2ccc(C(=O)Nc3ccc(C)c(N4Cc5cnc(Nc6ccc(C)nc6)nc5N(C)C4=O)c3)cc21. The third-order valence-electron chi connectivity index (χ3n) is 9.63. The average molecular weight is 734 g/mol. The molecule has 55 heavy (non-hydrogen) atoms. The average Bonchev–Trinajstić information content (AvgIpc) is 3.29. The number of fused-ring (bicyclic) bond motifs is 2. The molecular weight excluding hydrogens is 691 g/mol. The molecule has 0 fully saturated rings. The van der Waals surface area contributed by atoms with E-state index in [0.717, 1.165) is 33.6 Å². The number of benzodiazepines with no additional fused rings is 1. The van der Waals surface area contributed by atoms with Gasteiger partial charge in [-0.15, -0.1) is 6.58 Å². The van der Waals surface area contributed by atoms with Crippen LogP contribution in [0, 0.1) is 19.8 Å². The second kappa shape index (κ2) is 15.3. The monoisotopic (exact) mass is 733 g/mol. The minimum atomic E-state index is -0.587. The molecule has 12 heteroatoms. The number of pyridine rings is 1. The molecule has 0 bridgehead atoms. The molecule has 4 heterocycles. The summed E-state index contributed by atoms with van der Waals surface area (Å²) in [5.74, 6) is 0.592. The molecule has 2 N–H and O–H groups in total. The number of anilines is 6. The molecule has 0 spiro atoms. The molecule has 2 aliphatic heterocycles. The number of nitrogens with one attached hydrogen (secondary N) is 2. The lowest BCUT2D eigenvalue weighted by Crippen LogP contribution is -2.46. The first-order valence-corrected chi connectivity index (χ1v) is 18.2. The summed E-state index contributed by atoms with van der Waals surface area (Å²) in [7, 11) is 1.68. The molecule has 12 nitrogen and oxygen atoms in total. The van der Waals surface area contributed by atoms with E-state index >= 15 is 0 Å². The van der Waals surface area contributed by atoms with Gasteiger partial charge in [-0.3, -0.25) is 29.4 Å². The molecule has 4 amide bonds. The number of carbonyl (C=O) groups is 3. The largest absolute Gasteiger partial charge is 0.330 e. The fourth-order valence-corrected chi connectivity index (χ4v) is 6.83. The molecule has 2 aromatic heterocycles. The summed E-state index contributed by atoms with van der Waals surface area (Å²) in [4.78, 5) is 65.1. The summed E-state index contributed by atoms with van der Waals surface area (Å²) in [6, 6.07) is 23.5. The van der Waals surface area contributed by atoms with Crippen LogP contribution in [0.2, 0.25) is 0 Å². The van der Waals surface area contributed by atoms with Gasteiger partial charge < -0.3 is 15.5 Å². The predicted molar refractivity (Wildman–Crippen MR) is 218 cm³/mol. The number of benzene rings is 3. The predicted octanol–water partition coefficient (Wildman–Crippen LogP) is 7.85. The maximum absolute atomic E-state index is 14.1. The van der Waals surface area contributed by atoms with Gasteiger partial charge in [0.05, 0.1) is 35.5 Å². The Balaban J connectivity index is 1.16. The Morgan fingerprint density at radius 2 is 1.73 bits per heavy atom. The molecule has 5 aromatic rings. The van der Waals surface area contributed by atoms with E-state index in [1.165, 1.54) is 4.90 Å². The van der Waals surface area contributed by atoms with Crippen LogP contribution in [0.15, 0.2) is 109 Å². The van der Waals surface area contributed by atoms with E-state index in [1.54, 1.807) is 59.6 Å². The summed E-state index contributed by atoms with van der Waals surface area (Å²) >= 11 is 0. The Morgan fingerprint density at radius 3 is 2.45 bits per heavy atom. The van der Waals surface area contributed by atoms with Crippen LogP contribution >= 0.6 is 0 Å². The smallest absolute Gasteiger partial charge is 0.323 e. The lowest BCUT2D eigenvalue weighted by molar-refractivity contribution is -0.119. The van der Waals surface area contributed by atoms with Crippen molar-refractivity contribution in [1.82, 2.24) is 15.0 Å². The zero-order valence-electron chi connectivity index (χ0n) is 31.6. The molecule has 1 unspecified atom stereocenters. The van der Waals surface area contributed by atoms with Gasteiger partial charge in [0.2, 0.25) is 5.95 Å². The molecule has 0 aliphatic carbocycles. The van der Waals surface area contributed by atoms with Crippen molar-refractivity contribution in [3.05, 3.63) is 137 Å². The molecule has 0 saturated heterocycles. The maximum Gasteiger partial charge on any atom is 0.330 e. The van der Waals surface area contributed by atoms with Crippen molar-refractivity contribution in [1.29, 1.82) is 0 Å². The number of nitrogens with zero attached hydrogens (tertiary/aromatic N) is 7.